The molecular formula is C68H74N12O13. The van der Waals surface area contributed by atoms with Crippen LogP contribution in [-0.2, 0) is 89.7 Å². The number of nitrogens with two attached hydrogens (primary N) is 4. The molecule has 8 aromatic rings. The fraction of sp³-hybridized carbons (Fsp3) is 0.309. The molecule has 5 amide bonds. The summed E-state index contributed by atoms with van der Waals surface area (Å²) in [5, 5.41) is 14.1. The lowest BCUT2D eigenvalue weighted by molar-refractivity contribution is -0.150. The molecule has 484 valence electrons. The Bertz CT molecular complexity index is 4050. The van der Waals surface area contributed by atoms with E-state index in [-0.39, 0.29) is 51.6 Å². The first-order chi connectivity index (χ1) is 44.8. The van der Waals surface area contributed by atoms with Gasteiger partial charge in [-0.2, -0.15) is 0 Å². The zero-order valence-corrected chi connectivity index (χ0v) is 50.9. The minimum atomic E-state index is -2.18. The number of alkyl carbamates (subject to hydrolysis) is 1. The van der Waals surface area contributed by atoms with Crippen LogP contribution in [0.2, 0.25) is 0 Å². The number of benzene rings is 5. The summed E-state index contributed by atoms with van der Waals surface area (Å²) in [5.41, 5.74) is 31.2. The van der Waals surface area contributed by atoms with Crippen molar-refractivity contribution in [3.05, 3.63) is 180 Å². The minimum Gasteiger partial charge on any atom is -0.467 e. The summed E-state index contributed by atoms with van der Waals surface area (Å²) in [5.74, 6) is -11.4. The normalized spacial score (nSPS) is 16.5. The Morgan fingerprint density at radius 3 is 1.38 bits per heavy atom. The number of methoxy groups -OCH3 is 1. The number of carbonyl (C=O) groups is 11. The summed E-state index contributed by atoms with van der Waals surface area (Å²) in [6, 6.07) is 23.4. The predicted molar refractivity (Wildman–Crippen MR) is 343 cm³/mol. The Balaban J connectivity index is 0.919. The molecule has 25 nitrogen and oxygen atoms in total. The van der Waals surface area contributed by atoms with Crippen molar-refractivity contribution in [3.8, 4) is 0 Å². The number of rotatable bonds is 30. The molecule has 0 radical (unpaired) electrons. The highest BCUT2D eigenvalue weighted by Crippen LogP contribution is 2.27. The fourth-order valence-electron chi connectivity index (χ4n) is 11.6. The number of ketones is 5. The summed E-state index contributed by atoms with van der Waals surface area (Å²) in [6.07, 6.45) is 3.22. The molecule has 25 heteroatoms. The molecule has 1 aliphatic carbocycles. The lowest BCUT2D eigenvalue weighted by Crippen LogP contribution is -2.63. The number of esters is 1. The summed E-state index contributed by atoms with van der Waals surface area (Å²) in [6.45, 7) is -0.267. The Morgan fingerprint density at radius 2 is 0.892 bits per heavy atom. The van der Waals surface area contributed by atoms with Gasteiger partial charge in [0.2, 0.25) is 5.91 Å². The first kappa shape index (κ1) is 66.9. The van der Waals surface area contributed by atoms with Gasteiger partial charge in [0, 0.05) is 63.6 Å². The third-order valence-corrected chi connectivity index (χ3v) is 16.6. The highest BCUT2D eigenvalue weighted by atomic mass is 16.5. The Hall–Kier alpha value is -10.5. The number of amides is 5. The summed E-state index contributed by atoms with van der Waals surface area (Å²) in [4.78, 5) is 166. The molecular weight excluding hydrogens is 1190 g/mol. The number of aromatic nitrogens is 3. The number of carbonyl (C=O) groups excluding carboxylic acids is 11. The van der Waals surface area contributed by atoms with Crippen molar-refractivity contribution < 1.29 is 62.2 Å². The molecule has 0 bridgehead atoms. The second kappa shape index (κ2) is 31.0. The van der Waals surface area contributed by atoms with Crippen LogP contribution in [0.5, 0.6) is 0 Å². The predicted octanol–water partition coefficient (Wildman–Crippen LogP) is 2.54. The van der Waals surface area contributed by atoms with E-state index < -0.39 is 131 Å². The number of para-hydroxylation sites is 3. The molecule has 5 aromatic carbocycles. The molecule has 9 rings (SSSR count). The van der Waals surface area contributed by atoms with Crippen molar-refractivity contribution in [1.29, 1.82) is 0 Å². The van der Waals surface area contributed by atoms with E-state index in [1.165, 1.54) is 0 Å². The molecule has 16 N–H and O–H groups in total. The van der Waals surface area contributed by atoms with Crippen LogP contribution in [-0.4, -0.2) is 141 Å². The van der Waals surface area contributed by atoms with Crippen molar-refractivity contribution >= 4 is 97.3 Å². The van der Waals surface area contributed by atoms with Gasteiger partial charge in [0.05, 0.1) is 37.3 Å². The van der Waals surface area contributed by atoms with Gasteiger partial charge in [0.25, 0.3) is 17.7 Å². The third-order valence-electron chi connectivity index (χ3n) is 16.6. The molecule has 1 aliphatic rings. The van der Waals surface area contributed by atoms with E-state index in [2.05, 4.69) is 41.5 Å². The number of H-pyrrole nitrogens is 3. The van der Waals surface area contributed by atoms with Crippen molar-refractivity contribution in [2.75, 3.05) is 7.11 Å². The highest BCUT2D eigenvalue weighted by Gasteiger charge is 2.43. The van der Waals surface area contributed by atoms with Crippen LogP contribution >= 0.6 is 0 Å². The molecule has 1 fully saturated rings. The summed E-state index contributed by atoms with van der Waals surface area (Å²) >= 11 is 0. The molecule has 3 heterocycles. The van der Waals surface area contributed by atoms with Gasteiger partial charge in [-0.05, 0) is 91.0 Å². The van der Waals surface area contributed by atoms with Crippen LogP contribution in [0.15, 0.2) is 152 Å². The largest absolute Gasteiger partial charge is 0.467 e. The SMILES string of the molecule is COC(=O)[C@@H](NC(=O)[C@@H](NC(=O)CC[C@H]1CCC[C@@H](NC(=O)[C@@H](NC(=O)[C@@H](NC(=O)OCc2ccccc2)C(=O)[C@@H](N)Cc2c[nH]c3ccccc23)C(=O)[C@@H](N)Cc2c[nH]c3ccccc23)C1=O)C(=O)[C@@H](N)Cc1c[nH]c2ccccc12)C(=O)[C@@H](N)Cc1ccccc1. The van der Waals surface area contributed by atoms with Gasteiger partial charge < -0.3 is 73.9 Å². The quantitative estimate of drug-likeness (QED) is 0.0227. The Kier molecular flexibility index (Phi) is 22.3. The monoisotopic (exact) mass is 1270 g/mol. The van der Waals surface area contributed by atoms with E-state index in [0.717, 1.165) is 39.8 Å². The number of ether oxygens (including phenoxy) is 2. The second-order valence-electron chi connectivity index (χ2n) is 23.1. The van der Waals surface area contributed by atoms with Crippen molar-refractivity contribution in [3.63, 3.8) is 0 Å². The van der Waals surface area contributed by atoms with Gasteiger partial charge in [0.15, 0.2) is 53.1 Å². The molecule has 93 heavy (non-hydrogen) atoms. The molecule has 0 unspecified atom stereocenters. The third kappa shape index (κ3) is 16.7. The van der Waals surface area contributed by atoms with E-state index in [1.807, 2.05) is 30.3 Å². The average Bonchev–Trinajstić information content (AvgIpc) is 1.87. The van der Waals surface area contributed by atoms with Crippen LogP contribution in [0.3, 0.4) is 0 Å². The van der Waals surface area contributed by atoms with Crippen LogP contribution in [0.1, 0.15) is 59.9 Å². The maximum Gasteiger partial charge on any atom is 0.408 e. The van der Waals surface area contributed by atoms with Crippen molar-refractivity contribution in [2.45, 2.75) is 119 Å². The first-order valence-corrected chi connectivity index (χ1v) is 30.4. The van der Waals surface area contributed by atoms with Gasteiger partial charge in [-0.3, -0.25) is 43.2 Å². The Morgan fingerprint density at radius 1 is 0.484 bits per heavy atom. The summed E-state index contributed by atoms with van der Waals surface area (Å²) < 4.78 is 10.3. The Labute approximate surface area is 533 Å². The van der Waals surface area contributed by atoms with Crippen LogP contribution < -0.4 is 49.5 Å². The maximum atomic E-state index is 14.7. The van der Waals surface area contributed by atoms with Crippen molar-refractivity contribution in [2.24, 2.45) is 28.9 Å². The number of nitrogens with one attached hydrogen (secondary N) is 8. The number of Topliss-reactive ketones (excluding diaryl/α,β-unsaturated/α-hetero) is 5. The van der Waals surface area contributed by atoms with E-state index >= 15 is 0 Å². The van der Waals surface area contributed by atoms with Gasteiger partial charge in [-0.25, -0.2) is 9.59 Å². The number of hydrogen-bond donors (Lipinski definition) is 12. The molecule has 0 saturated heterocycles. The van der Waals surface area contributed by atoms with E-state index in [1.54, 1.807) is 122 Å². The van der Waals surface area contributed by atoms with Crippen LogP contribution in [0.25, 0.3) is 32.7 Å². The van der Waals surface area contributed by atoms with Gasteiger partial charge in [0.1, 0.15) is 6.61 Å². The number of aromatic amines is 3. The standard InChI is InChI=1S/C68H74N12O13/c1-92-67(90)58(63(86)46(69)29-37-15-4-2-5-16-37)79-65(88)55(60(83)47(70)30-40-33-73-50-23-11-8-20-43(40)50)77-54(81)28-27-39-19-14-26-53(59(39)82)76-64(87)56(61(84)48(71)31-41-34-74-51-24-12-9-21-44(41)51)78-66(89)57(80-68(91)93-36-38-17-6-3-7-18-38)62(85)49(72)32-42-35-75-52-25-13-10-22-45(42)52/h2-13,15-18,20-25,33-35,39,46-49,53,55-58,73-75H,14,19,26-32,36,69-72H2,1H3,(H,76,87)(H,77,81)(H,78,89)(H,79,88)(H,80,91)/t39-,46+,47+,48+,49+,53-,55+,56+,57+,58+/m1/s1. The van der Waals surface area contributed by atoms with Gasteiger partial charge in [-0.15, -0.1) is 0 Å². The first-order valence-electron chi connectivity index (χ1n) is 30.4. The highest BCUT2D eigenvalue weighted by molar-refractivity contribution is 6.16. The molecule has 3 aromatic heterocycles. The fourth-order valence-corrected chi connectivity index (χ4v) is 11.6. The van der Waals surface area contributed by atoms with Crippen LogP contribution in [0, 0.1) is 5.92 Å². The lowest BCUT2D eigenvalue weighted by Gasteiger charge is -2.30. The zero-order valence-electron chi connectivity index (χ0n) is 50.9. The van der Waals surface area contributed by atoms with Crippen LogP contribution in [0.4, 0.5) is 4.79 Å². The zero-order chi connectivity index (χ0) is 66.3. The molecule has 10 atom stereocenters. The average molecular weight is 1270 g/mol. The molecule has 1 saturated carbocycles. The smallest absolute Gasteiger partial charge is 0.408 e. The number of hydrogen-bond acceptors (Lipinski definition) is 17. The topological polar surface area (TPSA) is 418 Å². The van der Waals surface area contributed by atoms with Crippen molar-refractivity contribution in [1.82, 2.24) is 41.5 Å². The summed E-state index contributed by atoms with van der Waals surface area (Å²) in [7, 11) is 0.986. The number of fused-ring (bicyclic) bond motifs is 3. The van der Waals surface area contributed by atoms with E-state index in [9.17, 15) is 52.7 Å². The maximum absolute atomic E-state index is 14.7. The van der Waals surface area contributed by atoms with Gasteiger partial charge >= 0.3 is 12.1 Å². The minimum absolute atomic E-state index is 0.0302. The molecule has 0 aliphatic heterocycles. The second-order valence-corrected chi connectivity index (χ2v) is 23.1. The van der Waals surface area contributed by atoms with E-state index in [4.69, 9.17) is 32.4 Å². The van der Waals surface area contributed by atoms with E-state index in [0.29, 0.717) is 34.2 Å². The lowest BCUT2D eigenvalue weighted by atomic mass is 9.81. The molecule has 0 spiro atoms. The van der Waals surface area contributed by atoms with Gasteiger partial charge in [-0.1, -0.05) is 122 Å².